The number of fused-ring (bicyclic) bond motifs is 1. The van der Waals surface area contributed by atoms with Gasteiger partial charge in [0.25, 0.3) is 0 Å². The third-order valence-corrected chi connectivity index (χ3v) is 4.16. The second kappa shape index (κ2) is 4.43. The molecule has 2 N–H and O–H groups in total. The Bertz CT molecular complexity index is 346. The molecule has 0 aliphatic heterocycles. The van der Waals surface area contributed by atoms with Crippen molar-refractivity contribution in [3.63, 3.8) is 0 Å². The van der Waals surface area contributed by atoms with Gasteiger partial charge in [-0.1, -0.05) is 0 Å². The number of aromatic nitrogens is 1. The van der Waals surface area contributed by atoms with Crippen LogP contribution < -0.4 is 5.32 Å². The summed E-state index contributed by atoms with van der Waals surface area (Å²) >= 11 is 1.83. The van der Waals surface area contributed by atoms with Gasteiger partial charge in [-0.2, -0.15) is 0 Å². The first kappa shape index (κ1) is 12.0. The van der Waals surface area contributed by atoms with Crippen LogP contribution in [0.4, 0.5) is 0 Å². The van der Waals surface area contributed by atoms with Crippen molar-refractivity contribution < 1.29 is 5.11 Å². The Morgan fingerprint density at radius 2 is 2.25 bits per heavy atom. The number of hydrogen-bond donors (Lipinski definition) is 2. The predicted molar refractivity (Wildman–Crippen MR) is 66.9 cm³/mol. The van der Waals surface area contributed by atoms with Crippen molar-refractivity contribution in [2.75, 3.05) is 6.54 Å². The Hall–Kier alpha value is -0.450. The molecule has 0 fully saturated rings. The van der Waals surface area contributed by atoms with Gasteiger partial charge < -0.3 is 10.4 Å². The SMILES string of the molecule is CC(NCC(C)(C)O)c1nc2c(s1)CCC2. The Balaban J connectivity index is 1.96. The molecule has 0 aromatic carbocycles. The van der Waals surface area contributed by atoms with Gasteiger partial charge >= 0.3 is 0 Å². The smallest absolute Gasteiger partial charge is 0.110 e. The van der Waals surface area contributed by atoms with Crippen LogP contribution in [-0.4, -0.2) is 22.2 Å². The lowest BCUT2D eigenvalue weighted by atomic mass is 10.1. The largest absolute Gasteiger partial charge is 0.389 e. The molecule has 4 heteroatoms. The minimum Gasteiger partial charge on any atom is -0.389 e. The summed E-state index contributed by atoms with van der Waals surface area (Å²) in [5.74, 6) is 0. The highest BCUT2D eigenvalue weighted by atomic mass is 32.1. The quantitative estimate of drug-likeness (QED) is 0.846. The molecular weight excluding hydrogens is 220 g/mol. The van der Waals surface area contributed by atoms with Crippen molar-refractivity contribution in [1.29, 1.82) is 0 Å². The van der Waals surface area contributed by atoms with E-state index in [1.165, 1.54) is 23.4 Å². The molecule has 90 valence electrons. The summed E-state index contributed by atoms with van der Waals surface area (Å²) in [6.07, 6.45) is 3.61. The standard InChI is InChI=1S/C12H20N2OS/c1-8(13-7-12(2,3)15)11-14-9-5-4-6-10(9)16-11/h8,13,15H,4-7H2,1-3H3. The number of aryl methyl sites for hydroxylation is 2. The van der Waals surface area contributed by atoms with Gasteiger partial charge in [0.05, 0.1) is 17.3 Å². The van der Waals surface area contributed by atoms with Crippen molar-refractivity contribution >= 4 is 11.3 Å². The van der Waals surface area contributed by atoms with Crippen LogP contribution in [0.5, 0.6) is 0 Å². The Morgan fingerprint density at radius 3 is 2.88 bits per heavy atom. The lowest BCUT2D eigenvalue weighted by Gasteiger charge is -2.20. The van der Waals surface area contributed by atoms with Gasteiger partial charge in [0.15, 0.2) is 0 Å². The highest BCUT2D eigenvalue weighted by Crippen LogP contribution is 2.30. The van der Waals surface area contributed by atoms with E-state index in [-0.39, 0.29) is 6.04 Å². The van der Waals surface area contributed by atoms with Gasteiger partial charge in [-0.05, 0) is 40.0 Å². The van der Waals surface area contributed by atoms with Gasteiger partial charge in [0, 0.05) is 11.4 Å². The van der Waals surface area contributed by atoms with E-state index in [2.05, 4.69) is 17.2 Å². The molecule has 0 saturated heterocycles. The molecular formula is C12H20N2OS. The first-order valence-corrected chi connectivity index (χ1v) is 6.71. The predicted octanol–water partition coefficient (Wildman–Crippen LogP) is 2.05. The third-order valence-electron chi connectivity index (χ3n) is 2.82. The van der Waals surface area contributed by atoms with E-state index in [9.17, 15) is 5.11 Å². The molecule has 1 atom stereocenters. The number of nitrogens with one attached hydrogen (secondary N) is 1. The molecule has 16 heavy (non-hydrogen) atoms. The van der Waals surface area contributed by atoms with E-state index in [0.717, 1.165) is 11.4 Å². The van der Waals surface area contributed by atoms with E-state index in [1.807, 2.05) is 25.2 Å². The highest BCUT2D eigenvalue weighted by Gasteiger charge is 2.21. The molecule has 0 bridgehead atoms. The topological polar surface area (TPSA) is 45.1 Å². The van der Waals surface area contributed by atoms with Gasteiger partial charge in [-0.15, -0.1) is 11.3 Å². The average molecular weight is 240 g/mol. The van der Waals surface area contributed by atoms with Crippen molar-refractivity contribution in [3.8, 4) is 0 Å². The first-order valence-electron chi connectivity index (χ1n) is 5.90. The Kier molecular flexibility index (Phi) is 3.33. The molecule has 0 spiro atoms. The van der Waals surface area contributed by atoms with Crippen LogP contribution in [0.1, 0.15) is 48.8 Å². The number of thiazole rings is 1. The maximum absolute atomic E-state index is 9.65. The molecule has 1 aromatic heterocycles. The van der Waals surface area contributed by atoms with Gasteiger partial charge in [-0.3, -0.25) is 0 Å². The molecule has 1 aliphatic rings. The van der Waals surface area contributed by atoms with Gasteiger partial charge in [0.2, 0.25) is 0 Å². The number of nitrogens with zero attached hydrogens (tertiary/aromatic N) is 1. The summed E-state index contributed by atoms with van der Waals surface area (Å²) in [5.41, 5.74) is 0.644. The molecule has 1 heterocycles. The second-order valence-corrected chi connectivity index (χ2v) is 6.31. The van der Waals surface area contributed by atoms with Crippen LogP contribution in [0, 0.1) is 0 Å². The van der Waals surface area contributed by atoms with Crippen molar-refractivity contribution in [3.05, 3.63) is 15.6 Å². The molecule has 2 rings (SSSR count). The van der Waals surface area contributed by atoms with E-state index in [0.29, 0.717) is 6.54 Å². The van der Waals surface area contributed by atoms with Gasteiger partial charge in [-0.25, -0.2) is 4.98 Å². The monoisotopic (exact) mass is 240 g/mol. The fourth-order valence-corrected chi connectivity index (χ4v) is 3.07. The zero-order valence-corrected chi connectivity index (χ0v) is 11.0. The lowest BCUT2D eigenvalue weighted by Crippen LogP contribution is -2.36. The van der Waals surface area contributed by atoms with E-state index in [1.54, 1.807) is 0 Å². The van der Waals surface area contributed by atoms with Crippen LogP contribution in [0.3, 0.4) is 0 Å². The van der Waals surface area contributed by atoms with Crippen LogP contribution in [0.2, 0.25) is 0 Å². The summed E-state index contributed by atoms with van der Waals surface area (Å²) < 4.78 is 0. The average Bonchev–Trinajstić information content (AvgIpc) is 2.71. The fraction of sp³-hybridized carbons (Fsp3) is 0.750. The van der Waals surface area contributed by atoms with Crippen molar-refractivity contribution in [1.82, 2.24) is 10.3 Å². The van der Waals surface area contributed by atoms with Crippen molar-refractivity contribution in [2.45, 2.75) is 51.7 Å². The summed E-state index contributed by atoms with van der Waals surface area (Å²) in [6.45, 7) is 6.33. The van der Waals surface area contributed by atoms with E-state index in [4.69, 9.17) is 0 Å². The molecule has 0 saturated carbocycles. The summed E-state index contributed by atoms with van der Waals surface area (Å²) in [4.78, 5) is 6.13. The minimum atomic E-state index is -0.658. The molecule has 1 aliphatic carbocycles. The lowest BCUT2D eigenvalue weighted by molar-refractivity contribution is 0.0770. The summed E-state index contributed by atoms with van der Waals surface area (Å²) in [6, 6.07) is 0.238. The van der Waals surface area contributed by atoms with Crippen molar-refractivity contribution in [2.24, 2.45) is 0 Å². The zero-order chi connectivity index (χ0) is 11.8. The number of rotatable bonds is 4. The van der Waals surface area contributed by atoms with E-state index < -0.39 is 5.60 Å². The molecule has 0 radical (unpaired) electrons. The maximum Gasteiger partial charge on any atom is 0.110 e. The molecule has 1 unspecified atom stereocenters. The second-order valence-electron chi connectivity index (χ2n) is 5.19. The normalized spacial score (nSPS) is 17.5. The third kappa shape index (κ3) is 2.81. The number of aliphatic hydroxyl groups is 1. The fourth-order valence-electron chi connectivity index (χ4n) is 1.89. The molecule has 1 aromatic rings. The number of hydrogen-bond acceptors (Lipinski definition) is 4. The zero-order valence-electron chi connectivity index (χ0n) is 10.2. The van der Waals surface area contributed by atoms with Crippen LogP contribution in [0.25, 0.3) is 0 Å². The summed E-state index contributed by atoms with van der Waals surface area (Å²) in [7, 11) is 0. The molecule has 0 amide bonds. The van der Waals surface area contributed by atoms with Crippen LogP contribution in [0.15, 0.2) is 0 Å². The maximum atomic E-state index is 9.65. The highest BCUT2D eigenvalue weighted by molar-refractivity contribution is 7.11. The summed E-state index contributed by atoms with van der Waals surface area (Å²) in [5, 5.41) is 14.1. The molecule has 3 nitrogen and oxygen atoms in total. The van der Waals surface area contributed by atoms with Crippen LogP contribution in [-0.2, 0) is 12.8 Å². The minimum absolute atomic E-state index is 0.238. The van der Waals surface area contributed by atoms with Crippen LogP contribution >= 0.6 is 11.3 Å². The van der Waals surface area contributed by atoms with Gasteiger partial charge in [0.1, 0.15) is 5.01 Å². The Morgan fingerprint density at radius 1 is 1.50 bits per heavy atom. The first-order chi connectivity index (χ1) is 7.46. The Labute approximate surface area is 101 Å². The van der Waals surface area contributed by atoms with E-state index >= 15 is 0 Å².